The number of aliphatic carboxylic acids is 2. The van der Waals surface area contributed by atoms with Gasteiger partial charge in [-0.25, -0.2) is 19.9 Å². The van der Waals surface area contributed by atoms with Gasteiger partial charge in [0.1, 0.15) is 62.5 Å². The lowest BCUT2D eigenvalue weighted by molar-refractivity contribution is -0.162. The van der Waals surface area contributed by atoms with Crippen LogP contribution >= 0.6 is 45.9 Å². The van der Waals surface area contributed by atoms with Gasteiger partial charge in [0.25, 0.3) is 0 Å². The highest BCUT2D eigenvalue weighted by Gasteiger charge is 2.63. The summed E-state index contributed by atoms with van der Waals surface area (Å²) in [7, 11) is 3.11. The predicted molar refractivity (Wildman–Crippen MR) is 434 cm³/mol. The Kier molecular flexibility index (Phi) is 24.8. The number of methoxy groups -OCH3 is 2. The van der Waals surface area contributed by atoms with Crippen LogP contribution in [0.1, 0.15) is 189 Å². The Labute approximate surface area is 684 Å². The average molecular weight is 1640 g/mol. The summed E-state index contributed by atoms with van der Waals surface area (Å²) in [5.41, 5.74) is -0.413. The molecular weight excluding hydrogens is 1540 g/mol. The van der Waals surface area contributed by atoms with Gasteiger partial charge in [-0.3, -0.25) is 38.4 Å². The molecule has 614 valence electrons. The first-order chi connectivity index (χ1) is 54.0. The molecule has 4 saturated heterocycles. The normalized spacial score (nSPS) is 27.2. The van der Waals surface area contributed by atoms with Gasteiger partial charge < -0.3 is 53.2 Å². The number of aromatic nitrogens is 4. The number of benzene rings is 2. The van der Waals surface area contributed by atoms with Gasteiger partial charge in [-0.15, -0.1) is 29.3 Å². The Morgan fingerprint density at radius 3 is 1.69 bits per heavy atom. The second-order valence-corrected chi connectivity index (χ2v) is 39.1. The number of ketones is 2. The number of thiazole rings is 2. The van der Waals surface area contributed by atoms with E-state index in [1.165, 1.54) is 29.8 Å². The average Bonchev–Trinajstić information content (AvgIpc) is 1.56. The number of halogens is 2. The lowest BCUT2D eigenvalue weighted by atomic mass is 9.77. The lowest BCUT2D eigenvalue weighted by Crippen LogP contribution is -2.48. The minimum absolute atomic E-state index is 0.0312. The fourth-order valence-electron chi connectivity index (χ4n) is 18.0. The molecule has 4 aliphatic heterocycles. The third kappa shape index (κ3) is 18.3. The Balaban J connectivity index is 0.000000199. The summed E-state index contributed by atoms with van der Waals surface area (Å²) in [4.78, 5) is 133. The number of hydrogen-bond acceptors (Lipinski definition) is 21. The van der Waals surface area contributed by atoms with Gasteiger partial charge in [-0.1, -0.05) is 112 Å². The minimum Gasteiger partial charge on any atom is -0.497 e. The second-order valence-electron chi connectivity index (χ2n) is 36.1. The highest BCUT2D eigenvalue weighted by Crippen LogP contribution is 2.59. The number of carbonyl (C=O) groups is 8. The standard InChI is InChI=1S/C44H54ClN3O9S.C43H54ClN3O8S/c1-8-24-19-44(24,42(52)53)20-34(49)33-16-28(21-48(33)41(51)30(43(4,5)6)17-38(50)57-27-14-25-9-10-26(15-27)55-25)56-36-18-31(32-22-58-37(46-32)13-23(2)3)47-40-29(36)11-12-35(54-7)39(40)45;1-8-25-19-43(25,41(51)52)20-34(48)33-16-28(21-47(33)40(50)30(42(4,5)6)17-37(49)55-27-13-23-12-24(23)14-27)54-35-18-32(38-39(44)56-36(46-38)11-22(2)3)45-31-15-26(53-7)9-10-29(31)35/h8,11-12,18,22-28,30,33H,1,9-10,13-17,19-21H2,2-7H3,(H,52,53);9-10,15,18,22-25,27-28,30,33H,8,11-14,16-17,19-21H2,1-7H3,(H,51,52)/t24?,25-,26+,27?,28?,30-,33+,44-;23-,24+,25?,27?,28?,30-,33+,43-/m11/s1. The van der Waals surface area contributed by atoms with E-state index in [1.807, 2.05) is 78.1 Å². The summed E-state index contributed by atoms with van der Waals surface area (Å²) in [6.07, 6.45) is 8.75. The van der Waals surface area contributed by atoms with Crippen LogP contribution in [0.4, 0.5) is 0 Å². The van der Waals surface area contributed by atoms with Gasteiger partial charge in [0.15, 0.2) is 11.6 Å². The first kappa shape index (κ1) is 84.1. The number of nitrogens with zero attached hydrogens (tertiary/aromatic N) is 6. The van der Waals surface area contributed by atoms with Crippen molar-refractivity contribution in [1.29, 1.82) is 0 Å². The van der Waals surface area contributed by atoms with Crippen molar-refractivity contribution >= 4 is 115 Å². The van der Waals surface area contributed by atoms with Crippen LogP contribution in [-0.2, 0) is 65.4 Å². The number of carboxylic acid groups (broad SMARTS) is 2. The molecule has 4 aliphatic carbocycles. The van der Waals surface area contributed by atoms with E-state index in [2.05, 4.69) is 34.3 Å². The molecule has 2 amide bonds. The molecule has 0 spiro atoms. The van der Waals surface area contributed by atoms with Crippen molar-refractivity contribution in [2.75, 3.05) is 27.3 Å². The van der Waals surface area contributed by atoms with Gasteiger partial charge in [0.2, 0.25) is 11.8 Å². The zero-order chi connectivity index (χ0) is 81.9. The van der Waals surface area contributed by atoms with Gasteiger partial charge in [0, 0.05) is 85.7 Å². The van der Waals surface area contributed by atoms with Crippen LogP contribution in [0.25, 0.3) is 44.6 Å². The monoisotopic (exact) mass is 1640 g/mol. The van der Waals surface area contributed by atoms with E-state index in [-0.39, 0.29) is 111 Å². The van der Waals surface area contributed by atoms with E-state index in [0.717, 1.165) is 48.5 Å². The van der Waals surface area contributed by atoms with Crippen molar-refractivity contribution in [2.24, 2.45) is 69.0 Å². The molecule has 8 fully saturated rings. The molecule has 2 bridgehead atoms. The molecule has 8 heterocycles. The van der Waals surface area contributed by atoms with Crippen molar-refractivity contribution < 1.29 is 81.7 Å². The van der Waals surface area contributed by atoms with Crippen molar-refractivity contribution in [3.8, 4) is 45.8 Å². The van der Waals surface area contributed by atoms with Crippen LogP contribution in [0.3, 0.4) is 0 Å². The molecule has 6 aromatic rings. The molecule has 114 heavy (non-hydrogen) atoms. The first-order valence-electron chi connectivity index (χ1n) is 40.4. The number of hydrogen-bond donors (Lipinski definition) is 2. The number of Topliss-reactive ketones (excluding diaryl/α,β-unsaturated/α-hetero) is 2. The first-order valence-corrected chi connectivity index (χ1v) is 42.8. The number of fused-ring (bicyclic) bond motifs is 5. The van der Waals surface area contributed by atoms with E-state index in [1.54, 1.807) is 47.6 Å². The summed E-state index contributed by atoms with van der Waals surface area (Å²) in [5.74, 6) is -2.29. The quantitative estimate of drug-likeness (QED) is 0.0313. The van der Waals surface area contributed by atoms with Crippen LogP contribution < -0.4 is 18.9 Å². The molecule has 4 saturated carbocycles. The van der Waals surface area contributed by atoms with Crippen molar-refractivity contribution in [3.05, 3.63) is 79.9 Å². The number of rotatable bonds is 30. The fourth-order valence-corrected chi connectivity index (χ4v) is 20.7. The highest BCUT2D eigenvalue weighted by atomic mass is 35.5. The van der Waals surface area contributed by atoms with E-state index in [0.29, 0.717) is 133 Å². The maximum Gasteiger partial charge on any atom is 0.310 e. The molecule has 27 heteroatoms. The SMILES string of the molecule is C=CC1C[C@]1(CC(=O)[C@@H]1CC(Oc2cc(-c3csc(CC(C)C)n3)nc3c(Cl)c(OC)ccc23)CN1C(=O)[C@@H](CC(=O)OC1C[C@H]2CC[C@@H](C1)O2)C(C)(C)C)C(=O)O.CCC1C[C@]1(CC(=O)[C@@H]1CC(Oc2cc(-c3nc(CC(C)C)sc3Cl)nc3cc(OC)ccc23)CN1C(=O)[C@@H](CC(=O)OC1C[C@@H]2C[C@@H]2C1)C(C)(C)C)C(=O)O. The smallest absolute Gasteiger partial charge is 0.310 e. The number of pyridine rings is 2. The molecule has 14 rings (SSSR count). The second kappa shape index (κ2) is 33.6. The van der Waals surface area contributed by atoms with Crippen LogP contribution in [0.15, 0.2) is 60.5 Å². The lowest BCUT2D eigenvalue weighted by Gasteiger charge is -2.35. The molecule has 6 unspecified atom stereocenters. The number of carboxylic acids is 2. The zero-order valence-corrected chi connectivity index (χ0v) is 70.7. The fraction of sp³-hybridized carbons (Fsp3) is 0.609. The maximum absolute atomic E-state index is 14.8. The molecule has 2 N–H and O–H groups in total. The summed E-state index contributed by atoms with van der Waals surface area (Å²) in [6, 6.07) is 10.7. The largest absolute Gasteiger partial charge is 0.497 e. The number of likely N-dealkylation sites (tertiary alicyclic amines) is 2. The van der Waals surface area contributed by atoms with Gasteiger partial charge in [0.05, 0.1) is 125 Å². The van der Waals surface area contributed by atoms with Crippen molar-refractivity contribution in [1.82, 2.24) is 29.7 Å². The summed E-state index contributed by atoms with van der Waals surface area (Å²) < 4.78 is 42.9. The molecule has 16 atom stereocenters. The zero-order valence-electron chi connectivity index (χ0n) is 67.6. The van der Waals surface area contributed by atoms with Crippen LogP contribution in [-0.4, -0.2) is 163 Å². The number of amides is 2. The van der Waals surface area contributed by atoms with Gasteiger partial charge >= 0.3 is 23.9 Å². The summed E-state index contributed by atoms with van der Waals surface area (Å²) in [6.45, 7) is 25.8. The van der Waals surface area contributed by atoms with E-state index < -0.39 is 81.7 Å². The number of ether oxygens (including phenoxy) is 7. The van der Waals surface area contributed by atoms with Crippen molar-refractivity contribution in [2.45, 2.75) is 240 Å². The summed E-state index contributed by atoms with van der Waals surface area (Å²) >= 11 is 16.6. The van der Waals surface area contributed by atoms with Gasteiger partial charge in [-0.2, -0.15) is 0 Å². The molecule has 8 aliphatic rings. The van der Waals surface area contributed by atoms with E-state index in [9.17, 15) is 48.6 Å². The van der Waals surface area contributed by atoms with E-state index in [4.69, 9.17) is 76.3 Å². The molecule has 4 aromatic heterocycles. The van der Waals surface area contributed by atoms with Crippen LogP contribution in [0, 0.1) is 69.0 Å². The number of esters is 2. The van der Waals surface area contributed by atoms with E-state index >= 15 is 0 Å². The Morgan fingerprint density at radius 1 is 0.632 bits per heavy atom. The molecular formula is C87H108Cl2N6O17S2. The summed E-state index contributed by atoms with van der Waals surface area (Å²) in [5, 5.41) is 25.9. The third-order valence-electron chi connectivity index (χ3n) is 24.8. The Bertz CT molecular complexity index is 4680. The Hall–Kier alpha value is -7.84. The number of allylic oxidation sites excluding steroid dienone is 1. The third-order valence-corrected chi connectivity index (χ3v) is 27.3. The highest BCUT2D eigenvalue weighted by molar-refractivity contribution is 7.16. The maximum atomic E-state index is 14.8. The van der Waals surface area contributed by atoms with Crippen molar-refractivity contribution in [3.63, 3.8) is 0 Å². The molecule has 23 nitrogen and oxygen atoms in total. The predicted octanol–water partition coefficient (Wildman–Crippen LogP) is 16.5. The molecule has 2 aromatic carbocycles. The topological polar surface area (TPSA) is 300 Å². The van der Waals surface area contributed by atoms with Gasteiger partial charge in [-0.05, 0) is 116 Å². The number of carbonyl (C=O) groups excluding carboxylic acids is 6. The van der Waals surface area contributed by atoms with Crippen LogP contribution in [0.5, 0.6) is 23.0 Å². The molecule has 0 radical (unpaired) electrons. The minimum atomic E-state index is -1.27. The van der Waals surface area contributed by atoms with Crippen LogP contribution in [0.2, 0.25) is 9.36 Å². The Morgan fingerprint density at radius 2 is 1.18 bits per heavy atom.